The van der Waals surface area contributed by atoms with Gasteiger partial charge < -0.3 is 5.32 Å². The Balaban J connectivity index is 1.44. The number of nitrogens with zero attached hydrogens (tertiary/aromatic N) is 3. The van der Waals surface area contributed by atoms with E-state index in [0.717, 1.165) is 37.2 Å². The second-order valence-corrected chi connectivity index (χ2v) is 7.63. The van der Waals surface area contributed by atoms with E-state index >= 15 is 0 Å². The Hall–Kier alpha value is -3.12. The van der Waals surface area contributed by atoms with Gasteiger partial charge in [0.1, 0.15) is 11.5 Å². The summed E-state index contributed by atoms with van der Waals surface area (Å²) < 4.78 is 14.0. The van der Waals surface area contributed by atoms with Crippen molar-refractivity contribution in [1.29, 1.82) is 0 Å². The van der Waals surface area contributed by atoms with Crippen molar-refractivity contribution in [3.05, 3.63) is 95.8 Å². The smallest absolute Gasteiger partial charge is 0.270 e. The maximum absolute atomic E-state index is 14.0. The molecule has 6 heteroatoms. The van der Waals surface area contributed by atoms with E-state index in [1.165, 1.54) is 6.07 Å². The number of amides is 1. The van der Waals surface area contributed by atoms with Crippen molar-refractivity contribution in [1.82, 2.24) is 20.2 Å². The zero-order chi connectivity index (χ0) is 20.8. The molecule has 3 heterocycles. The van der Waals surface area contributed by atoms with Crippen molar-refractivity contribution in [2.75, 3.05) is 13.1 Å². The molecule has 3 aromatic rings. The predicted octanol–water partition coefficient (Wildman–Crippen LogP) is 4.00. The first-order valence-corrected chi connectivity index (χ1v) is 10.3. The molecule has 1 saturated heterocycles. The third kappa shape index (κ3) is 4.89. The van der Waals surface area contributed by atoms with Gasteiger partial charge in [0.05, 0.1) is 11.7 Å². The van der Waals surface area contributed by atoms with E-state index in [9.17, 15) is 9.18 Å². The Labute approximate surface area is 176 Å². The lowest BCUT2D eigenvalue weighted by Crippen LogP contribution is -2.41. The molecule has 0 bridgehead atoms. The lowest BCUT2D eigenvalue weighted by atomic mass is 9.87. The first kappa shape index (κ1) is 20.2. The highest BCUT2D eigenvalue weighted by atomic mass is 19.1. The topological polar surface area (TPSA) is 58.1 Å². The molecule has 0 aliphatic carbocycles. The second kappa shape index (κ2) is 9.59. The summed E-state index contributed by atoms with van der Waals surface area (Å²) in [5.74, 6) is -0.0990. The van der Waals surface area contributed by atoms with Crippen molar-refractivity contribution >= 4 is 5.91 Å². The van der Waals surface area contributed by atoms with Crippen LogP contribution < -0.4 is 5.32 Å². The molecule has 30 heavy (non-hydrogen) atoms. The number of hydrogen-bond donors (Lipinski definition) is 1. The molecule has 0 radical (unpaired) electrons. The van der Waals surface area contributed by atoms with Crippen molar-refractivity contribution in [3.8, 4) is 0 Å². The summed E-state index contributed by atoms with van der Waals surface area (Å²) >= 11 is 0. The van der Waals surface area contributed by atoms with Gasteiger partial charge in [0.25, 0.3) is 5.91 Å². The Morgan fingerprint density at radius 3 is 2.37 bits per heavy atom. The Bertz CT molecular complexity index is 959. The van der Waals surface area contributed by atoms with Crippen LogP contribution in [0.5, 0.6) is 0 Å². The zero-order valence-electron chi connectivity index (χ0n) is 16.7. The van der Waals surface area contributed by atoms with E-state index in [4.69, 9.17) is 0 Å². The molecule has 1 fully saturated rings. The number of likely N-dealkylation sites (tertiary alicyclic amines) is 1. The quantitative estimate of drug-likeness (QED) is 0.675. The van der Waals surface area contributed by atoms with Crippen LogP contribution in [0.2, 0.25) is 0 Å². The highest BCUT2D eigenvalue weighted by molar-refractivity contribution is 5.92. The zero-order valence-corrected chi connectivity index (χ0v) is 16.7. The first-order chi connectivity index (χ1) is 14.7. The monoisotopic (exact) mass is 404 g/mol. The van der Waals surface area contributed by atoms with Gasteiger partial charge >= 0.3 is 0 Å². The number of carbonyl (C=O) groups excluding carboxylic acids is 1. The summed E-state index contributed by atoms with van der Waals surface area (Å²) in [6.07, 6.45) is 5.17. The fraction of sp³-hybridized carbons (Fsp3) is 0.292. The molecule has 154 valence electrons. The molecule has 1 aromatic carbocycles. The van der Waals surface area contributed by atoms with Crippen LogP contribution in [0.15, 0.2) is 73.1 Å². The average molecular weight is 404 g/mol. The molecule has 1 N–H and O–H groups in total. The summed E-state index contributed by atoms with van der Waals surface area (Å²) in [5.41, 5.74) is 1.98. The molecular formula is C24H25FN4O. The number of carbonyl (C=O) groups is 1. The van der Waals surface area contributed by atoms with E-state index in [2.05, 4.69) is 20.2 Å². The number of hydrogen-bond acceptors (Lipinski definition) is 4. The molecule has 4 rings (SSSR count). The molecule has 5 nitrogen and oxygen atoms in total. The first-order valence-electron chi connectivity index (χ1n) is 10.3. The minimum atomic E-state index is -0.194. The highest BCUT2D eigenvalue weighted by Gasteiger charge is 2.30. The van der Waals surface area contributed by atoms with Crippen LogP contribution in [0, 0.1) is 11.7 Å². The van der Waals surface area contributed by atoms with Crippen LogP contribution in [0.25, 0.3) is 0 Å². The van der Waals surface area contributed by atoms with E-state index in [0.29, 0.717) is 12.2 Å². The van der Waals surface area contributed by atoms with E-state index in [1.54, 1.807) is 36.7 Å². The summed E-state index contributed by atoms with van der Waals surface area (Å²) in [4.78, 5) is 23.7. The Morgan fingerprint density at radius 2 is 1.70 bits per heavy atom. The molecule has 0 unspecified atom stereocenters. The fourth-order valence-electron chi connectivity index (χ4n) is 4.02. The number of halogens is 1. The minimum Gasteiger partial charge on any atom is -0.342 e. The van der Waals surface area contributed by atoms with Crippen LogP contribution in [-0.2, 0) is 6.54 Å². The molecule has 1 atom stereocenters. The molecule has 1 aliphatic rings. The van der Waals surface area contributed by atoms with Crippen molar-refractivity contribution in [3.63, 3.8) is 0 Å². The number of piperidine rings is 1. The molecule has 0 spiro atoms. The third-order valence-corrected chi connectivity index (χ3v) is 5.65. The molecule has 2 aromatic heterocycles. The number of benzene rings is 1. The molecule has 0 saturated carbocycles. The van der Waals surface area contributed by atoms with Crippen molar-refractivity contribution < 1.29 is 9.18 Å². The van der Waals surface area contributed by atoms with Crippen LogP contribution in [-0.4, -0.2) is 33.9 Å². The SMILES string of the molecule is O=C(N[C@@H](c1ccccn1)C1CCN(Cc2ccccc2F)CC1)c1ccccn1. The highest BCUT2D eigenvalue weighted by Crippen LogP contribution is 2.31. The molecular weight excluding hydrogens is 379 g/mol. The van der Waals surface area contributed by atoms with Gasteiger partial charge in [0, 0.05) is 24.5 Å². The van der Waals surface area contributed by atoms with Gasteiger partial charge in [0.15, 0.2) is 0 Å². The summed E-state index contributed by atoms with van der Waals surface area (Å²) in [5, 5.41) is 3.15. The predicted molar refractivity (Wildman–Crippen MR) is 113 cm³/mol. The maximum atomic E-state index is 14.0. The van der Waals surface area contributed by atoms with Gasteiger partial charge in [0.2, 0.25) is 0 Å². The van der Waals surface area contributed by atoms with Gasteiger partial charge in [-0.2, -0.15) is 0 Å². The van der Waals surface area contributed by atoms with Crippen LogP contribution >= 0.6 is 0 Å². The van der Waals surface area contributed by atoms with E-state index < -0.39 is 0 Å². The lowest BCUT2D eigenvalue weighted by molar-refractivity contribution is 0.0883. The minimum absolute atomic E-state index is 0.159. The van der Waals surface area contributed by atoms with E-state index in [-0.39, 0.29) is 23.7 Å². The summed E-state index contributed by atoms with van der Waals surface area (Å²) in [6, 6.07) is 17.8. The maximum Gasteiger partial charge on any atom is 0.270 e. The van der Waals surface area contributed by atoms with Gasteiger partial charge in [-0.05, 0) is 62.2 Å². The fourth-order valence-corrected chi connectivity index (χ4v) is 4.02. The average Bonchev–Trinajstić information content (AvgIpc) is 2.81. The number of pyridine rings is 2. The van der Waals surface area contributed by atoms with E-state index in [1.807, 2.05) is 30.3 Å². The Morgan fingerprint density at radius 1 is 1.00 bits per heavy atom. The van der Waals surface area contributed by atoms with Gasteiger partial charge in [-0.3, -0.25) is 19.7 Å². The van der Waals surface area contributed by atoms with Gasteiger partial charge in [-0.15, -0.1) is 0 Å². The summed E-state index contributed by atoms with van der Waals surface area (Å²) in [7, 11) is 0. The van der Waals surface area contributed by atoms with Gasteiger partial charge in [-0.25, -0.2) is 4.39 Å². The van der Waals surface area contributed by atoms with Crippen molar-refractivity contribution in [2.24, 2.45) is 5.92 Å². The number of aromatic nitrogens is 2. The van der Waals surface area contributed by atoms with Crippen molar-refractivity contribution in [2.45, 2.75) is 25.4 Å². The Kier molecular flexibility index (Phi) is 6.44. The summed E-state index contributed by atoms with van der Waals surface area (Å²) in [6.45, 7) is 2.30. The van der Waals surface area contributed by atoms with Crippen LogP contribution in [0.4, 0.5) is 4.39 Å². The molecule has 1 aliphatic heterocycles. The normalized spacial score (nSPS) is 16.2. The number of nitrogens with one attached hydrogen (secondary N) is 1. The van der Waals surface area contributed by atoms with Crippen LogP contribution in [0.3, 0.4) is 0 Å². The second-order valence-electron chi connectivity index (χ2n) is 7.63. The largest absolute Gasteiger partial charge is 0.342 e. The van der Waals surface area contributed by atoms with Crippen LogP contribution in [0.1, 0.15) is 40.6 Å². The number of rotatable bonds is 6. The van der Waals surface area contributed by atoms with Gasteiger partial charge in [-0.1, -0.05) is 30.3 Å². The third-order valence-electron chi connectivity index (χ3n) is 5.65. The molecule has 1 amide bonds. The lowest BCUT2D eigenvalue weighted by Gasteiger charge is -2.36. The standard InChI is InChI=1S/C24H25FN4O/c25-20-8-2-1-7-19(20)17-29-15-11-18(12-16-29)23(21-9-3-5-13-26-21)28-24(30)22-10-4-6-14-27-22/h1-10,13-14,18,23H,11-12,15-17H2,(H,28,30)/t23-/m1/s1.